The van der Waals surface area contributed by atoms with Crippen LogP contribution in [0.5, 0.6) is 0 Å². The third-order valence-electron chi connectivity index (χ3n) is 3.13. The van der Waals surface area contributed by atoms with Crippen LogP contribution in [0.3, 0.4) is 0 Å². The number of hydrogen-bond donors (Lipinski definition) is 2. The zero-order valence-corrected chi connectivity index (χ0v) is 11.8. The van der Waals surface area contributed by atoms with Gasteiger partial charge in [0, 0.05) is 0 Å². The summed E-state index contributed by atoms with van der Waals surface area (Å²) < 4.78 is 9.86. The van der Waals surface area contributed by atoms with Gasteiger partial charge in [-0.2, -0.15) is 0 Å². The Hall–Kier alpha value is -2.08. The van der Waals surface area contributed by atoms with Crippen LogP contribution >= 0.6 is 0 Å². The lowest BCUT2D eigenvalue weighted by atomic mass is 10.2. The van der Waals surface area contributed by atoms with E-state index in [0.717, 1.165) is 18.4 Å². The number of aliphatic hydroxyl groups excluding tert-OH is 1. The number of carbonyl (C=O) groups excluding carboxylic acids is 2. The molecular weight excluding hydrogens is 274 g/mol. The average molecular weight is 293 g/mol. The second-order valence-electron chi connectivity index (χ2n) is 5.10. The van der Waals surface area contributed by atoms with Gasteiger partial charge in [0.1, 0.15) is 6.61 Å². The molecule has 0 bridgehead atoms. The van der Waals surface area contributed by atoms with Gasteiger partial charge in [0.25, 0.3) is 0 Å². The number of aliphatic hydroxyl groups is 1. The zero-order chi connectivity index (χ0) is 15.2. The Kier molecular flexibility index (Phi) is 5.16. The maximum atomic E-state index is 11.6. The van der Waals surface area contributed by atoms with Crippen molar-refractivity contribution in [2.45, 2.75) is 38.7 Å². The number of esters is 1. The largest absolute Gasteiger partial charge is 0.445 e. The molecule has 21 heavy (non-hydrogen) atoms. The molecule has 1 aromatic carbocycles. The van der Waals surface area contributed by atoms with Crippen molar-refractivity contribution >= 4 is 12.1 Å². The van der Waals surface area contributed by atoms with E-state index in [4.69, 9.17) is 9.47 Å². The fourth-order valence-corrected chi connectivity index (χ4v) is 1.66. The normalized spacial score (nSPS) is 16.7. The van der Waals surface area contributed by atoms with Gasteiger partial charge in [-0.25, -0.2) is 4.79 Å². The minimum absolute atomic E-state index is 0.100. The predicted octanol–water partition coefficient (Wildman–Crippen LogP) is 1.57. The van der Waals surface area contributed by atoms with Crippen molar-refractivity contribution in [2.75, 3.05) is 0 Å². The number of nitrogens with one attached hydrogen (secondary N) is 1. The summed E-state index contributed by atoms with van der Waals surface area (Å²) in [6, 6.07) is 8.50. The number of amides is 1. The van der Waals surface area contributed by atoms with Crippen molar-refractivity contribution in [1.29, 1.82) is 0 Å². The minimum Gasteiger partial charge on any atom is -0.445 e. The van der Waals surface area contributed by atoms with Crippen LogP contribution < -0.4 is 5.32 Å². The fourth-order valence-electron chi connectivity index (χ4n) is 1.66. The Morgan fingerprint density at radius 1 is 1.33 bits per heavy atom. The molecule has 1 aromatic rings. The molecular formula is C15H19NO5. The van der Waals surface area contributed by atoms with E-state index in [1.54, 1.807) is 0 Å². The average Bonchev–Trinajstić information content (AvgIpc) is 3.30. The summed E-state index contributed by atoms with van der Waals surface area (Å²) in [5, 5.41) is 12.1. The summed E-state index contributed by atoms with van der Waals surface area (Å²) in [7, 11) is 0. The minimum atomic E-state index is -1.37. The summed E-state index contributed by atoms with van der Waals surface area (Å²) in [4.78, 5) is 23.0. The molecule has 0 radical (unpaired) electrons. The summed E-state index contributed by atoms with van der Waals surface area (Å²) in [6.07, 6.45) is -0.450. The van der Waals surface area contributed by atoms with Gasteiger partial charge in [0.15, 0.2) is 0 Å². The Morgan fingerprint density at radius 2 is 2.00 bits per heavy atom. The van der Waals surface area contributed by atoms with Crippen molar-refractivity contribution < 1.29 is 24.2 Å². The van der Waals surface area contributed by atoms with E-state index in [1.807, 2.05) is 30.3 Å². The molecule has 0 aromatic heterocycles. The summed E-state index contributed by atoms with van der Waals surface area (Å²) >= 11 is 0. The van der Waals surface area contributed by atoms with E-state index in [0.29, 0.717) is 0 Å². The predicted molar refractivity (Wildman–Crippen MR) is 74.0 cm³/mol. The van der Waals surface area contributed by atoms with Crippen LogP contribution in [0.4, 0.5) is 4.79 Å². The van der Waals surface area contributed by atoms with Gasteiger partial charge in [-0.15, -0.1) is 0 Å². The van der Waals surface area contributed by atoms with Gasteiger partial charge in [-0.1, -0.05) is 30.3 Å². The summed E-state index contributed by atoms with van der Waals surface area (Å²) in [5.74, 6) is -0.523. The molecule has 1 fully saturated rings. The van der Waals surface area contributed by atoms with E-state index in [-0.39, 0.29) is 12.5 Å². The van der Waals surface area contributed by atoms with Crippen molar-refractivity contribution in [1.82, 2.24) is 5.32 Å². The van der Waals surface area contributed by atoms with Gasteiger partial charge in [0.2, 0.25) is 6.29 Å². The van der Waals surface area contributed by atoms with Crippen LogP contribution in [-0.2, 0) is 20.9 Å². The highest BCUT2D eigenvalue weighted by Crippen LogP contribution is 2.30. The monoisotopic (exact) mass is 293 g/mol. The molecule has 6 heteroatoms. The first-order valence-electron chi connectivity index (χ1n) is 6.92. The molecule has 114 valence electrons. The first kappa shape index (κ1) is 15.3. The molecule has 0 aliphatic heterocycles. The number of ether oxygens (including phenoxy) is 2. The Balaban J connectivity index is 1.69. The van der Waals surface area contributed by atoms with Crippen LogP contribution in [0.2, 0.25) is 0 Å². The van der Waals surface area contributed by atoms with Gasteiger partial charge in [0.05, 0.1) is 12.0 Å². The van der Waals surface area contributed by atoms with Crippen LogP contribution in [0.15, 0.2) is 30.3 Å². The second-order valence-corrected chi connectivity index (χ2v) is 5.10. The van der Waals surface area contributed by atoms with E-state index in [2.05, 4.69) is 5.32 Å². The molecule has 1 amide bonds. The first-order chi connectivity index (χ1) is 10.1. The van der Waals surface area contributed by atoms with Gasteiger partial charge in [-0.3, -0.25) is 4.79 Å². The number of rotatable bonds is 6. The van der Waals surface area contributed by atoms with Gasteiger partial charge < -0.3 is 19.9 Å². The Labute approximate surface area is 123 Å². The summed E-state index contributed by atoms with van der Waals surface area (Å²) in [5.41, 5.74) is 0.862. The van der Waals surface area contributed by atoms with Crippen molar-refractivity contribution in [3.63, 3.8) is 0 Å². The third kappa shape index (κ3) is 5.07. The molecule has 2 atom stereocenters. The number of carbonyl (C=O) groups is 2. The standard InChI is InChI=1S/C15H19NO5/c1-10(13(17)21-14(18)12-7-8-12)16-15(19)20-9-11-5-3-2-4-6-11/h2-6,10,12-13,17H,7-9H2,1H3,(H,16,19)/t10-,13?/m0/s1. The van der Waals surface area contributed by atoms with Gasteiger partial charge in [-0.05, 0) is 25.3 Å². The molecule has 0 saturated heterocycles. The van der Waals surface area contributed by atoms with Crippen molar-refractivity contribution in [3.05, 3.63) is 35.9 Å². The maximum Gasteiger partial charge on any atom is 0.407 e. The lowest BCUT2D eigenvalue weighted by Gasteiger charge is -2.20. The summed E-state index contributed by atoms with van der Waals surface area (Å²) in [6.45, 7) is 1.67. The van der Waals surface area contributed by atoms with Crippen LogP contribution in [0.1, 0.15) is 25.3 Å². The Morgan fingerprint density at radius 3 is 2.62 bits per heavy atom. The molecule has 0 spiro atoms. The molecule has 2 rings (SSSR count). The molecule has 1 unspecified atom stereocenters. The van der Waals surface area contributed by atoms with E-state index in [1.165, 1.54) is 6.92 Å². The fraction of sp³-hybridized carbons (Fsp3) is 0.467. The van der Waals surface area contributed by atoms with E-state index >= 15 is 0 Å². The number of hydrogen-bond acceptors (Lipinski definition) is 5. The van der Waals surface area contributed by atoms with Crippen molar-refractivity contribution in [3.8, 4) is 0 Å². The zero-order valence-electron chi connectivity index (χ0n) is 11.8. The van der Waals surface area contributed by atoms with E-state index < -0.39 is 24.4 Å². The van der Waals surface area contributed by atoms with Crippen LogP contribution in [0.25, 0.3) is 0 Å². The smallest absolute Gasteiger partial charge is 0.407 e. The molecule has 0 heterocycles. The van der Waals surface area contributed by atoms with E-state index in [9.17, 15) is 14.7 Å². The van der Waals surface area contributed by atoms with Crippen LogP contribution in [0, 0.1) is 5.92 Å². The molecule has 6 nitrogen and oxygen atoms in total. The first-order valence-corrected chi connectivity index (χ1v) is 6.92. The quantitative estimate of drug-likeness (QED) is 0.614. The van der Waals surface area contributed by atoms with Crippen LogP contribution in [-0.4, -0.2) is 29.5 Å². The molecule has 1 saturated carbocycles. The molecule has 2 N–H and O–H groups in total. The second kappa shape index (κ2) is 7.08. The highest BCUT2D eigenvalue weighted by molar-refractivity contribution is 5.75. The van der Waals surface area contributed by atoms with Crippen molar-refractivity contribution in [2.24, 2.45) is 5.92 Å². The topological polar surface area (TPSA) is 84.9 Å². The highest BCUT2D eigenvalue weighted by atomic mass is 16.6. The SMILES string of the molecule is C[C@H](NC(=O)OCc1ccccc1)C(O)OC(=O)C1CC1. The molecule has 1 aliphatic carbocycles. The third-order valence-corrected chi connectivity index (χ3v) is 3.13. The van der Waals surface area contributed by atoms with Gasteiger partial charge >= 0.3 is 12.1 Å². The molecule has 1 aliphatic rings. The number of alkyl carbamates (subject to hydrolysis) is 1. The maximum absolute atomic E-state index is 11.6. The lowest BCUT2D eigenvalue weighted by molar-refractivity contribution is -0.173. The number of benzene rings is 1. The highest BCUT2D eigenvalue weighted by Gasteiger charge is 2.33. The lowest BCUT2D eigenvalue weighted by Crippen LogP contribution is -2.43. The Bertz CT molecular complexity index is 486.